The summed E-state index contributed by atoms with van der Waals surface area (Å²) in [5.41, 5.74) is 0. The molecule has 1 nitrogen and oxygen atoms in total. The van der Waals surface area contributed by atoms with Gasteiger partial charge in [0.1, 0.15) is 0 Å². The Bertz CT molecular complexity index is 14.9. The zero-order chi connectivity index (χ0) is 2.00. The van der Waals surface area contributed by atoms with Crippen LogP contribution >= 0.6 is 11.9 Å². The van der Waals surface area contributed by atoms with Crippen LogP contribution in [0.2, 0.25) is 0 Å². The maximum absolute atomic E-state index is 6.47. The summed E-state index contributed by atoms with van der Waals surface area (Å²) in [6.45, 7) is 0. The van der Waals surface area contributed by atoms with Crippen molar-refractivity contribution in [2.24, 2.45) is 0 Å². The minimum Gasteiger partial charge on any atom is -1.00 e. The molecule has 0 aromatic carbocycles. The predicted molar refractivity (Wildman–Crippen MR) is 17.2 cm³/mol. The standard InChI is InChI=1S/Ca.ClHO.Na.3H/c;1-2;;;;/h;2H;;;;/q+2;;+1;3*-1. The second-order valence-corrected chi connectivity index (χ2v) is 0. The summed E-state index contributed by atoms with van der Waals surface area (Å²) in [6.07, 6.45) is 0. The van der Waals surface area contributed by atoms with Crippen molar-refractivity contribution in [3.63, 3.8) is 0 Å². The van der Waals surface area contributed by atoms with Gasteiger partial charge in [0.25, 0.3) is 0 Å². The normalized spacial score (nSPS) is 1.50. The Kier molecular flexibility index (Phi) is 71.3. The van der Waals surface area contributed by atoms with Crippen LogP contribution < -0.4 is 29.6 Å². The van der Waals surface area contributed by atoms with Crippen LogP contribution in [0.5, 0.6) is 0 Å². The first-order valence-electron chi connectivity index (χ1n) is 0.169. The second kappa shape index (κ2) is 17.8. The van der Waals surface area contributed by atoms with E-state index >= 15 is 0 Å². The number of halogens is 1. The van der Waals surface area contributed by atoms with E-state index in [1.165, 1.54) is 0 Å². The first-order valence-corrected chi connectivity index (χ1v) is 0.507. The van der Waals surface area contributed by atoms with Crippen LogP contribution in [0, 0.1) is 0 Å². The first kappa shape index (κ1) is 16.0. The summed E-state index contributed by atoms with van der Waals surface area (Å²) < 4.78 is 6.47. The Labute approximate surface area is 86.6 Å². The van der Waals surface area contributed by atoms with Crippen molar-refractivity contribution in [2.45, 2.75) is 0 Å². The fourth-order valence-corrected chi connectivity index (χ4v) is 0. The molecule has 0 saturated heterocycles. The maximum Gasteiger partial charge on any atom is 2.00 e. The quantitative estimate of drug-likeness (QED) is 0.338. The molecule has 0 radical (unpaired) electrons. The molecule has 0 amide bonds. The van der Waals surface area contributed by atoms with Gasteiger partial charge in [0.2, 0.25) is 0 Å². The summed E-state index contributed by atoms with van der Waals surface area (Å²) >= 11 is 3.64. The summed E-state index contributed by atoms with van der Waals surface area (Å²) in [6, 6.07) is 0. The molecule has 4 heavy (non-hydrogen) atoms. The van der Waals surface area contributed by atoms with E-state index in [1.54, 1.807) is 0 Å². The van der Waals surface area contributed by atoms with E-state index in [2.05, 4.69) is 11.9 Å². The van der Waals surface area contributed by atoms with Gasteiger partial charge in [-0.3, -0.25) is 4.66 Å². The van der Waals surface area contributed by atoms with Crippen molar-refractivity contribution in [1.29, 1.82) is 0 Å². The molecule has 0 saturated carbocycles. The SMILES string of the molecule is OCl.[Ca+2].[H-].[H-].[H-].[Na+]. The number of hydrogen-bond donors (Lipinski definition) is 1. The molecule has 4 heteroatoms. The molecule has 0 fully saturated rings. The molecule has 0 aromatic heterocycles. The Morgan fingerprint density at radius 2 is 1.50 bits per heavy atom. The molecule has 0 aromatic rings. The van der Waals surface area contributed by atoms with Crippen molar-refractivity contribution in [1.82, 2.24) is 0 Å². The Morgan fingerprint density at radius 3 is 1.50 bits per heavy atom. The molecular formula is H4CaClNaO. The Balaban J connectivity index is -0.000000000500. The molecule has 0 heterocycles. The van der Waals surface area contributed by atoms with E-state index in [4.69, 9.17) is 4.66 Å². The van der Waals surface area contributed by atoms with E-state index in [1.807, 2.05) is 0 Å². The van der Waals surface area contributed by atoms with Gasteiger partial charge in [0.15, 0.2) is 0 Å². The Hall–Kier alpha value is 2.51. The van der Waals surface area contributed by atoms with Crippen molar-refractivity contribution < 1.29 is 38.5 Å². The van der Waals surface area contributed by atoms with Gasteiger partial charge in [0, 0.05) is 0 Å². The van der Waals surface area contributed by atoms with Gasteiger partial charge in [-0.25, -0.2) is 0 Å². The fraction of sp³-hybridized carbons (Fsp3) is 0. The van der Waals surface area contributed by atoms with Crippen LogP contribution in [-0.2, 0) is 0 Å². The zero-order valence-corrected chi connectivity index (χ0v) is 7.50. The van der Waals surface area contributed by atoms with E-state index < -0.39 is 0 Å². The van der Waals surface area contributed by atoms with Crippen LogP contribution in [0.25, 0.3) is 0 Å². The number of hydrogen-bond acceptors (Lipinski definition) is 1. The molecule has 0 aliphatic heterocycles. The van der Waals surface area contributed by atoms with E-state index in [9.17, 15) is 0 Å². The molecule has 0 aliphatic rings. The van der Waals surface area contributed by atoms with Crippen LogP contribution in [0.3, 0.4) is 0 Å². The van der Waals surface area contributed by atoms with Gasteiger partial charge >= 0.3 is 67.3 Å². The van der Waals surface area contributed by atoms with Crippen LogP contribution in [0.4, 0.5) is 0 Å². The van der Waals surface area contributed by atoms with Gasteiger partial charge < -0.3 is 4.28 Å². The first-order chi connectivity index (χ1) is 1.00. The van der Waals surface area contributed by atoms with Gasteiger partial charge in [-0.15, -0.1) is 0 Å². The second-order valence-electron chi connectivity index (χ2n) is 0. The smallest absolute Gasteiger partial charge is 1.00 e. The third-order valence-electron chi connectivity index (χ3n) is 0. The third kappa shape index (κ3) is 8.82. The molecule has 0 spiro atoms. The van der Waals surface area contributed by atoms with Crippen molar-refractivity contribution in [2.75, 3.05) is 0 Å². The third-order valence-corrected chi connectivity index (χ3v) is 0. The van der Waals surface area contributed by atoms with Gasteiger partial charge in [-0.2, -0.15) is 0 Å². The summed E-state index contributed by atoms with van der Waals surface area (Å²) in [7, 11) is 0. The predicted octanol–water partition coefficient (Wildman–Crippen LogP) is -2.91. The van der Waals surface area contributed by atoms with Crippen molar-refractivity contribution >= 4 is 49.6 Å². The molecule has 1 N–H and O–H groups in total. The van der Waals surface area contributed by atoms with Gasteiger partial charge in [0.05, 0.1) is 11.9 Å². The molecule has 0 unspecified atom stereocenters. The molecule has 0 aliphatic carbocycles. The largest absolute Gasteiger partial charge is 2.00 e. The number of rotatable bonds is 0. The van der Waals surface area contributed by atoms with Crippen LogP contribution in [0.15, 0.2) is 0 Å². The van der Waals surface area contributed by atoms with E-state index in [0.717, 1.165) is 0 Å². The molecule has 0 bridgehead atoms. The summed E-state index contributed by atoms with van der Waals surface area (Å²) in [4.78, 5) is 0. The topological polar surface area (TPSA) is 20.2 Å². The molecule has 0 rings (SSSR count). The average molecular weight is 119 g/mol. The van der Waals surface area contributed by atoms with Crippen molar-refractivity contribution in [3.8, 4) is 0 Å². The average Bonchev–Trinajstić information content (AvgIpc) is 1.00. The minimum absolute atomic E-state index is 0. The zero-order valence-electron chi connectivity index (χ0n) is 5.53. The van der Waals surface area contributed by atoms with Crippen LogP contribution in [0.1, 0.15) is 4.28 Å². The Morgan fingerprint density at radius 1 is 1.50 bits per heavy atom. The van der Waals surface area contributed by atoms with E-state index in [-0.39, 0.29) is 71.6 Å². The van der Waals surface area contributed by atoms with Gasteiger partial charge in [-0.05, 0) is 0 Å². The fourth-order valence-electron chi connectivity index (χ4n) is 0. The van der Waals surface area contributed by atoms with Crippen molar-refractivity contribution in [3.05, 3.63) is 0 Å². The van der Waals surface area contributed by atoms with E-state index in [0.29, 0.717) is 0 Å². The molecule has 0 atom stereocenters. The monoisotopic (exact) mass is 118 g/mol. The minimum atomic E-state index is 0. The molecule has 20 valence electrons. The van der Waals surface area contributed by atoms with Crippen LogP contribution in [-0.4, -0.2) is 42.4 Å². The summed E-state index contributed by atoms with van der Waals surface area (Å²) in [5, 5.41) is 0. The maximum atomic E-state index is 6.47. The summed E-state index contributed by atoms with van der Waals surface area (Å²) in [5.74, 6) is 0. The van der Waals surface area contributed by atoms with Gasteiger partial charge in [-0.1, -0.05) is 0 Å². The molecular weight excluding hydrogens is 115 g/mol.